The highest BCUT2D eigenvalue weighted by Crippen LogP contribution is 2.37. The molecule has 0 spiro atoms. The Morgan fingerprint density at radius 2 is 2.11 bits per heavy atom. The molecule has 0 fully saturated rings. The van der Waals surface area contributed by atoms with Gasteiger partial charge < -0.3 is 14.6 Å². The molecule has 0 aliphatic carbocycles. The first-order chi connectivity index (χ1) is 8.60. The number of amides is 1. The average molecular weight is 250 g/mol. The number of nitrogens with zero attached hydrogens (tertiary/aromatic N) is 2. The third kappa shape index (κ3) is 2.30. The highest BCUT2D eigenvalue weighted by Gasteiger charge is 2.21. The standard InChI is InChI=1S/C12H14N2O4/c1-4-14(12(15)16)9-5-6-10(17-2)11(18-3)8(9)7-13/h5-6H,4H2,1-3H3,(H,15,16). The lowest BCUT2D eigenvalue weighted by Crippen LogP contribution is -2.29. The van der Waals surface area contributed by atoms with Crippen molar-refractivity contribution < 1.29 is 19.4 Å². The van der Waals surface area contributed by atoms with Gasteiger partial charge in [0.1, 0.15) is 11.6 Å². The predicted molar refractivity (Wildman–Crippen MR) is 65.3 cm³/mol. The molecule has 0 unspecified atom stereocenters. The summed E-state index contributed by atoms with van der Waals surface area (Å²) in [5.41, 5.74) is 0.422. The van der Waals surface area contributed by atoms with E-state index in [9.17, 15) is 10.1 Å². The highest BCUT2D eigenvalue weighted by atomic mass is 16.5. The SMILES string of the molecule is CCN(C(=O)O)c1ccc(OC)c(OC)c1C#N. The molecular weight excluding hydrogens is 236 g/mol. The molecule has 0 saturated carbocycles. The van der Waals surface area contributed by atoms with E-state index in [4.69, 9.17) is 14.6 Å². The van der Waals surface area contributed by atoms with E-state index >= 15 is 0 Å². The Balaban J connectivity index is 3.47. The number of rotatable bonds is 4. The minimum atomic E-state index is -1.12. The number of anilines is 1. The van der Waals surface area contributed by atoms with E-state index in [1.807, 2.05) is 6.07 Å². The van der Waals surface area contributed by atoms with Crippen molar-refractivity contribution in [1.29, 1.82) is 5.26 Å². The van der Waals surface area contributed by atoms with Crippen LogP contribution in [0, 0.1) is 11.3 Å². The van der Waals surface area contributed by atoms with Crippen LogP contribution < -0.4 is 14.4 Å². The Labute approximate surface area is 105 Å². The molecule has 0 bridgehead atoms. The number of methoxy groups -OCH3 is 2. The molecule has 0 atom stereocenters. The number of hydrogen-bond acceptors (Lipinski definition) is 4. The molecule has 1 amide bonds. The lowest BCUT2D eigenvalue weighted by molar-refractivity contribution is 0.202. The third-order valence-electron chi connectivity index (χ3n) is 2.47. The van der Waals surface area contributed by atoms with Crippen LogP contribution in [0.5, 0.6) is 11.5 Å². The van der Waals surface area contributed by atoms with E-state index in [2.05, 4.69) is 0 Å². The number of nitriles is 1. The average Bonchev–Trinajstić information content (AvgIpc) is 2.38. The van der Waals surface area contributed by atoms with E-state index < -0.39 is 6.09 Å². The van der Waals surface area contributed by atoms with Gasteiger partial charge in [0.25, 0.3) is 0 Å². The quantitative estimate of drug-likeness (QED) is 0.884. The van der Waals surface area contributed by atoms with Crippen LogP contribution in [-0.2, 0) is 0 Å². The number of carbonyl (C=O) groups is 1. The van der Waals surface area contributed by atoms with E-state index in [-0.39, 0.29) is 23.5 Å². The molecule has 6 heteroatoms. The van der Waals surface area contributed by atoms with Crippen LogP contribution in [-0.4, -0.2) is 32.0 Å². The maximum atomic E-state index is 11.1. The zero-order valence-corrected chi connectivity index (χ0v) is 10.4. The summed E-state index contributed by atoms with van der Waals surface area (Å²) >= 11 is 0. The zero-order valence-electron chi connectivity index (χ0n) is 10.4. The molecule has 1 rings (SSSR count). The van der Waals surface area contributed by atoms with Crippen molar-refractivity contribution in [2.24, 2.45) is 0 Å². The molecule has 0 aromatic heterocycles. The fourth-order valence-electron chi connectivity index (χ4n) is 1.66. The van der Waals surface area contributed by atoms with Gasteiger partial charge in [-0.2, -0.15) is 5.26 Å². The lowest BCUT2D eigenvalue weighted by Gasteiger charge is -2.20. The second-order valence-electron chi connectivity index (χ2n) is 3.33. The first-order valence-corrected chi connectivity index (χ1v) is 5.26. The van der Waals surface area contributed by atoms with Crippen molar-refractivity contribution in [3.05, 3.63) is 17.7 Å². The van der Waals surface area contributed by atoms with Crippen molar-refractivity contribution in [3.63, 3.8) is 0 Å². The molecule has 1 aromatic carbocycles. The van der Waals surface area contributed by atoms with Gasteiger partial charge in [0, 0.05) is 6.54 Å². The smallest absolute Gasteiger partial charge is 0.411 e. The molecule has 96 valence electrons. The topological polar surface area (TPSA) is 82.8 Å². The first kappa shape index (κ1) is 13.6. The van der Waals surface area contributed by atoms with Crippen molar-refractivity contribution in [3.8, 4) is 17.6 Å². The van der Waals surface area contributed by atoms with E-state index in [0.717, 1.165) is 4.90 Å². The molecule has 0 aliphatic heterocycles. The molecule has 1 N–H and O–H groups in total. The Morgan fingerprint density at radius 3 is 2.50 bits per heavy atom. The maximum absolute atomic E-state index is 11.1. The van der Waals surface area contributed by atoms with E-state index in [1.165, 1.54) is 20.3 Å². The van der Waals surface area contributed by atoms with Crippen LogP contribution in [0.15, 0.2) is 12.1 Å². The van der Waals surface area contributed by atoms with Gasteiger partial charge in [-0.15, -0.1) is 0 Å². The fourth-order valence-corrected chi connectivity index (χ4v) is 1.66. The van der Waals surface area contributed by atoms with Crippen LogP contribution in [0.2, 0.25) is 0 Å². The van der Waals surface area contributed by atoms with Crippen molar-refractivity contribution in [2.45, 2.75) is 6.92 Å². The Hall–Kier alpha value is -2.42. The molecule has 1 aromatic rings. The molecule has 6 nitrogen and oxygen atoms in total. The monoisotopic (exact) mass is 250 g/mol. The van der Waals surface area contributed by atoms with Crippen LogP contribution in [0.4, 0.5) is 10.5 Å². The third-order valence-corrected chi connectivity index (χ3v) is 2.47. The summed E-state index contributed by atoms with van der Waals surface area (Å²) in [6.07, 6.45) is -1.12. The van der Waals surface area contributed by atoms with Gasteiger partial charge >= 0.3 is 6.09 Å². The van der Waals surface area contributed by atoms with Crippen LogP contribution in [0.1, 0.15) is 12.5 Å². The van der Waals surface area contributed by atoms with Crippen LogP contribution in [0.25, 0.3) is 0 Å². The predicted octanol–water partition coefficient (Wildman–Crippen LogP) is 2.08. The molecule has 0 saturated heterocycles. The molecule has 0 radical (unpaired) electrons. The molecule has 18 heavy (non-hydrogen) atoms. The minimum Gasteiger partial charge on any atom is -0.493 e. The Morgan fingerprint density at radius 1 is 1.44 bits per heavy atom. The van der Waals surface area contributed by atoms with Crippen molar-refractivity contribution in [2.75, 3.05) is 25.7 Å². The zero-order chi connectivity index (χ0) is 13.7. The highest BCUT2D eigenvalue weighted by molar-refractivity contribution is 5.89. The second kappa shape index (κ2) is 5.77. The molecular formula is C12H14N2O4. The number of hydrogen-bond donors (Lipinski definition) is 1. The van der Waals surface area contributed by atoms with Gasteiger partial charge in [0.2, 0.25) is 0 Å². The summed E-state index contributed by atoms with van der Waals surface area (Å²) in [7, 11) is 2.85. The van der Waals surface area contributed by atoms with Gasteiger partial charge in [-0.3, -0.25) is 4.90 Å². The molecule has 0 aliphatic rings. The van der Waals surface area contributed by atoms with Crippen LogP contribution in [0.3, 0.4) is 0 Å². The lowest BCUT2D eigenvalue weighted by atomic mass is 10.1. The van der Waals surface area contributed by atoms with Gasteiger partial charge in [-0.05, 0) is 19.1 Å². The summed E-state index contributed by atoms with van der Waals surface area (Å²) in [5.74, 6) is 0.622. The summed E-state index contributed by atoms with van der Waals surface area (Å²) in [6, 6.07) is 5.04. The van der Waals surface area contributed by atoms with Crippen molar-refractivity contribution >= 4 is 11.8 Å². The van der Waals surface area contributed by atoms with Gasteiger partial charge in [-0.1, -0.05) is 0 Å². The van der Waals surface area contributed by atoms with Crippen molar-refractivity contribution in [1.82, 2.24) is 0 Å². The Bertz CT molecular complexity index is 494. The second-order valence-corrected chi connectivity index (χ2v) is 3.33. The maximum Gasteiger partial charge on any atom is 0.411 e. The van der Waals surface area contributed by atoms with E-state index in [1.54, 1.807) is 13.0 Å². The molecule has 0 heterocycles. The number of ether oxygens (including phenoxy) is 2. The fraction of sp³-hybridized carbons (Fsp3) is 0.333. The van der Waals surface area contributed by atoms with Gasteiger partial charge in [0.15, 0.2) is 11.5 Å². The summed E-state index contributed by atoms with van der Waals surface area (Å²) < 4.78 is 10.2. The Kier molecular flexibility index (Phi) is 4.38. The summed E-state index contributed by atoms with van der Waals surface area (Å²) in [4.78, 5) is 12.2. The number of carboxylic acid groups (broad SMARTS) is 1. The van der Waals surface area contributed by atoms with E-state index in [0.29, 0.717) is 5.75 Å². The summed E-state index contributed by atoms with van der Waals surface area (Å²) in [6.45, 7) is 1.92. The number of benzene rings is 1. The largest absolute Gasteiger partial charge is 0.493 e. The van der Waals surface area contributed by atoms with Gasteiger partial charge in [-0.25, -0.2) is 4.79 Å². The first-order valence-electron chi connectivity index (χ1n) is 5.26. The normalized spacial score (nSPS) is 9.44. The minimum absolute atomic E-state index is 0.140. The van der Waals surface area contributed by atoms with Crippen LogP contribution >= 0.6 is 0 Å². The van der Waals surface area contributed by atoms with Gasteiger partial charge in [0.05, 0.1) is 19.9 Å². The summed E-state index contributed by atoms with van der Waals surface area (Å²) in [5, 5.41) is 18.3.